The van der Waals surface area contributed by atoms with Crippen molar-refractivity contribution >= 4 is 22.6 Å². The van der Waals surface area contributed by atoms with E-state index in [1.54, 1.807) is 24.3 Å². The van der Waals surface area contributed by atoms with Crippen molar-refractivity contribution in [1.29, 1.82) is 0 Å². The van der Waals surface area contributed by atoms with Gasteiger partial charge in [-0.1, -0.05) is 32.4 Å². The molecular weight excluding hydrogens is 354 g/mol. The first-order valence-corrected chi connectivity index (χ1v) is 8.81. The molecule has 0 amide bonds. The molecule has 0 fully saturated rings. The summed E-state index contributed by atoms with van der Waals surface area (Å²) in [5.74, 6) is 0.703. The van der Waals surface area contributed by atoms with E-state index in [9.17, 15) is 5.11 Å². The second kappa shape index (κ2) is 7.13. The van der Waals surface area contributed by atoms with Crippen LogP contribution in [0.4, 0.5) is 0 Å². The van der Waals surface area contributed by atoms with Gasteiger partial charge in [-0.2, -0.15) is 0 Å². The number of aromatic nitrogens is 3. The van der Waals surface area contributed by atoms with Gasteiger partial charge in [0.1, 0.15) is 28.2 Å². The van der Waals surface area contributed by atoms with Crippen molar-refractivity contribution in [2.75, 3.05) is 13.2 Å². The third-order valence-electron chi connectivity index (χ3n) is 4.00. The van der Waals surface area contributed by atoms with Crippen LogP contribution in [0.3, 0.4) is 0 Å². The summed E-state index contributed by atoms with van der Waals surface area (Å²) in [4.78, 5) is 1.39. The fourth-order valence-electron chi connectivity index (χ4n) is 2.65. The van der Waals surface area contributed by atoms with Crippen LogP contribution in [0.5, 0.6) is 11.5 Å². The van der Waals surface area contributed by atoms with Gasteiger partial charge in [-0.25, -0.2) is 0 Å². The number of rotatable bonds is 5. The van der Waals surface area contributed by atoms with Crippen molar-refractivity contribution in [3.8, 4) is 17.2 Å². The fourth-order valence-corrected chi connectivity index (χ4v) is 2.82. The first kappa shape index (κ1) is 18.5. The minimum Gasteiger partial charge on any atom is -0.505 e. The van der Waals surface area contributed by atoms with E-state index in [-0.39, 0.29) is 17.8 Å². The lowest BCUT2D eigenvalue weighted by Crippen LogP contribution is -2.14. The number of benzene rings is 2. The third-order valence-corrected chi connectivity index (χ3v) is 4.24. The molecule has 0 radical (unpaired) electrons. The quantitative estimate of drug-likeness (QED) is 0.662. The summed E-state index contributed by atoms with van der Waals surface area (Å²) in [5, 5.41) is 29.2. The van der Waals surface area contributed by atoms with Crippen LogP contribution in [0.15, 0.2) is 30.3 Å². The fraction of sp³-hybridized carbons (Fsp3) is 0.368. The molecule has 0 aliphatic rings. The van der Waals surface area contributed by atoms with Crippen LogP contribution in [-0.4, -0.2) is 38.4 Å². The molecule has 1 heterocycles. The molecule has 0 saturated carbocycles. The minimum absolute atomic E-state index is 0.0595. The van der Waals surface area contributed by atoms with Gasteiger partial charge >= 0.3 is 0 Å². The Bertz CT molecular complexity index is 932. The normalized spacial score (nSPS) is 11.9. The zero-order valence-corrected chi connectivity index (χ0v) is 15.8. The first-order chi connectivity index (χ1) is 12.3. The third kappa shape index (κ3) is 3.76. The number of hydrogen-bond donors (Lipinski definition) is 2. The molecule has 3 aromatic rings. The maximum absolute atomic E-state index is 10.8. The number of ether oxygens (including phenoxy) is 1. The van der Waals surface area contributed by atoms with Crippen molar-refractivity contribution in [2.45, 2.75) is 32.6 Å². The van der Waals surface area contributed by atoms with Gasteiger partial charge < -0.3 is 14.9 Å². The number of halogens is 1. The lowest BCUT2D eigenvalue weighted by Gasteiger charge is -2.23. The van der Waals surface area contributed by atoms with Crippen LogP contribution in [0.1, 0.15) is 32.8 Å². The zero-order chi connectivity index (χ0) is 18.9. The Labute approximate surface area is 157 Å². The van der Waals surface area contributed by atoms with Crippen molar-refractivity contribution < 1.29 is 14.9 Å². The minimum atomic E-state index is -0.301. The molecule has 26 heavy (non-hydrogen) atoms. The number of phenolic OH excluding ortho intramolecular Hbond substituents is 1. The van der Waals surface area contributed by atoms with Gasteiger partial charge in [-0.15, -0.1) is 15.0 Å². The Morgan fingerprint density at radius 3 is 2.54 bits per heavy atom. The number of aliphatic hydroxyl groups is 1. The summed E-state index contributed by atoms with van der Waals surface area (Å²) in [6, 6.07) is 8.77. The number of fused-ring (bicyclic) bond motifs is 1. The molecule has 0 saturated heterocycles. The Morgan fingerprint density at radius 1 is 1.12 bits per heavy atom. The Kier molecular flexibility index (Phi) is 5.07. The zero-order valence-electron chi connectivity index (χ0n) is 15.0. The highest BCUT2D eigenvalue weighted by atomic mass is 35.5. The molecule has 138 valence electrons. The molecule has 0 aliphatic carbocycles. The van der Waals surface area contributed by atoms with Crippen LogP contribution in [-0.2, 0) is 5.41 Å². The largest absolute Gasteiger partial charge is 0.505 e. The Balaban J connectivity index is 2.12. The average Bonchev–Trinajstić information content (AvgIpc) is 2.98. The van der Waals surface area contributed by atoms with Gasteiger partial charge in [-0.05, 0) is 29.7 Å². The average molecular weight is 376 g/mol. The van der Waals surface area contributed by atoms with Crippen LogP contribution in [0.2, 0.25) is 5.02 Å². The van der Waals surface area contributed by atoms with Crippen molar-refractivity contribution in [1.82, 2.24) is 15.0 Å². The highest BCUT2D eigenvalue weighted by Gasteiger charge is 2.23. The van der Waals surface area contributed by atoms with E-state index in [2.05, 4.69) is 10.2 Å². The number of hydrogen-bond acceptors (Lipinski definition) is 5. The van der Waals surface area contributed by atoms with Gasteiger partial charge in [0.2, 0.25) is 0 Å². The monoisotopic (exact) mass is 375 g/mol. The lowest BCUT2D eigenvalue weighted by atomic mass is 9.86. The van der Waals surface area contributed by atoms with Gasteiger partial charge in [0.15, 0.2) is 0 Å². The molecule has 0 bridgehead atoms. The summed E-state index contributed by atoms with van der Waals surface area (Å²) in [7, 11) is 0. The molecule has 3 rings (SSSR count). The smallest absolute Gasteiger partial charge is 0.147 e. The van der Waals surface area contributed by atoms with Crippen molar-refractivity contribution in [3.05, 3.63) is 40.9 Å². The molecule has 0 spiro atoms. The molecule has 1 aromatic heterocycles. The lowest BCUT2D eigenvalue weighted by molar-refractivity contribution is 0.233. The van der Waals surface area contributed by atoms with Gasteiger partial charge in [-0.3, -0.25) is 0 Å². The Hall–Kier alpha value is -2.31. The number of aromatic hydroxyl groups is 1. The molecule has 0 atom stereocenters. The number of nitrogens with zero attached hydrogens (tertiary/aromatic N) is 3. The number of phenols is 1. The molecular formula is C19H22ClN3O3. The van der Waals surface area contributed by atoms with E-state index in [0.717, 1.165) is 5.56 Å². The Morgan fingerprint density at radius 2 is 1.85 bits per heavy atom. The predicted molar refractivity (Wildman–Crippen MR) is 101 cm³/mol. The standard InChI is InChI=1S/C19H22ClN3O3/c1-19(2,3)14-10-13(26-8-4-7-24)11-17(18(14)25)23-21-15-6-5-12(20)9-16(15)22-23/h5-6,9-11,24-25H,4,7-8H2,1-3H3. The van der Waals surface area contributed by atoms with Crippen LogP contribution in [0.25, 0.3) is 16.7 Å². The molecule has 7 heteroatoms. The SMILES string of the molecule is CC(C)(C)c1cc(OCCCO)cc(-n2nc3ccc(Cl)cc3n2)c1O. The van der Waals surface area contributed by atoms with Crippen LogP contribution >= 0.6 is 11.6 Å². The molecule has 6 nitrogen and oxygen atoms in total. The van der Waals surface area contributed by atoms with Crippen molar-refractivity contribution in [3.63, 3.8) is 0 Å². The van der Waals surface area contributed by atoms with E-state index in [4.69, 9.17) is 21.4 Å². The second-order valence-electron chi connectivity index (χ2n) is 7.14. The number of aliphatic hydroxyl groups excluding tert-OH is 1. The summed E-state index contributed by atoms with van der Waals surface area (Å²) in [5.41, 5.74) is 2.18. The topological polar surface area (TPSA) is 80.4 Å². The van der Waals surface area contributed by atoms with Gasteiger partial charge in [0.25, 0.3) is 0 Å². The summed E-state index contributed by atoms with van der Waals surface area (Å²) in [6.45, 7) is 6.47. The summed E-state index contributed by atoms with van der Waals surface area (Å²) >= 11 is 6.02. The summed E-state index contributed by atoms with van der Waals surface area (Å²) < 4.78 is 5.73. The maximum atomic E-state index is 10.8. The highest BCUT2D eigenvalue weighted by molar-refractivity contribution is 6.31. The summed E-state index contributed by atoms with van der Waals surface area (Å²) in [6.07, 6.45) is 0.531. The molecule has 0 unspecified atom stereocenters. The first-order valence-electron chi connectivity index (χ1n) is 8.44. The maximum Gasteiger partial charge on any atom is 0.147 e. The van der Waals surface area contributed by atoms with E-state index in [1.165, 1.54) is 4.80 Å². The van der Waals surface area contributed by atoms with Gasteiger partial charge in [0, 0.05) is 29.7 Å². The van der Waals surface area contributed by atoms with E-state index < -0.39 is 0 Å². The highest BCUT2D eigenvalue weighted by Crippen LogP contribution is 2.38. The van der Waals surface area contributed by atoms with Crippen molar-refractivity contribution in [2.24, 2.45) is 0 Å². The van der Waals surface area contributed by atoms with E-state index in [0.29, 0.717) is 40.5 Å². The van der Waals surface area contributed by atoms with Gasteiger partial charge in [0.05, 0.1) is 6.61 Å². The molecule has 0 aliphatic heterocycles. The van der Waals surface area contributed by atoms with Crippen LogP contribution < -0.4 is 4.74 Å². The molecule has 2 aromatic carbocycles. The second-order valence-corrected chi connectivity index (χ2v) is 7.57. The van der Waals surface area contributed by atoms with E-state index >= 15 is 0 Å². The van der Waals surface area contributed by atoms with Crippen LogP contribution in [0, 0.1) is 0 Å². The molecule has 2 N–H and O–H groups in total. The predicted octanol–water partition coefficient (Wildman–Crippen LogP) is 3.84. The van der Waals surface area contributed by atoms with E-state index in [1.807, 2.05) is 26.8 Å².